The SMILES string of the molecule is [B+2]c1ccc(F)c(Cl)c1.[OH-].[OH-]. The summed E-state index contributed by atoms with van der Waals surface area (Å²) in [6.07, 6.45) is 0. The van der Waals surface area contributed by atoms with Gasteiger partial charge in [0.05, 0.1) is 0 Å². The monoisotopic (exact) mass is 174 g/mol. The fourth-order valence-corrected chi connectivity index (χ4v) is 0.701. The Balaban J connectivity index is 0. The van der Waals surface area contributed by atoms with Gasteiger partial charge >= 0.3 is 58.3 Å². The first kappa shape index (κ1) is 13.0. The maximum atomic E-state index is 12.3. The Kier molecular flexibility index (Phi) is 6.08. The van der Waals surface area contributed by atoms with Crippen LogP contribution < -0.4 is 5.46 Å². The van der Waals surface area contributed by atoms with Crippen LogP contribution in [0.2, 0.25) is 5.02 Å². The fraction of sp³-hybridized carbons (Fsp3) is 0. The van der Waals surface area contributed by atoms with Gasteiger partial charge < -0.3 is 11.0 Å². The average Bonchev–Trinajstić information content (AvgIpc) is 1.80. The van der Waals surface area contributed by atoms with Gasteiger partial charge in [-0.3, -0.25) is 0 Å². The van der Waals surface area contributed by atoms with E-state index in [1.807, 2.05) is 0 Å². The molecular formula is C6H5BClFO2. The molecule has 0 saturated heterocycles. The minimum atomic E-state index is -0.439. The Morgan fingerprint density at radius 2 is 1.82 bits per heavy atom. The van der Waals surface area contributed by atoms with Crippen molar-refractivity contribution >= 4 is 24.9 Å². The van der Waals surface area contributed by atoms with Crippen LogP contribution in [0, 0.1) is 5.82 Å². The van der Waals surface area contributed by atoms with Gasteiger partial charge in [0, 0.05) is 0 Å². The second-order valence-electron chi connectivity index (χ2n) is 1.67. The van der Waals surface area contributed by atoms with E-state index in [-0.39, 0.29) is 16.0 Å². The van der Waals surface area contributed by atoms with Crippen molar-refractivity contribution < 1.29 is 15.3 Å². The Morgan fingerprint density at radius 3 is 2.18 bits per heavy atom. The van der Waals surface area contributed by atoms with Crippen LogP contribution in [-0.2, 0) is 0 Å². The molecule has 0 aliphatic carbocycles. The standard InChI is InChI=1S/C6H3BClF.2H2O/c7-4-1-2-6(9)5(8)3-4;;/h1-3H;2*1H2/q+2;;/p-2. The molecule has 0 saturated carbocycles. The summed E-state index contributed by atoms with van der Waals surface area (Å²) < 4.78 is 12.3. The van der Waals surface area contributed by atoms with Crippen molar-refractivity contribution in [3.63, 3.8) is 0 Å². The van der Waals surface area contributed by atoms with E-state index in [4.69, 9.17) is 19.4 Å². The number of hydrogen-bond acceptors (Lipinski definition) is 2. The quantitative estimate of drug-likeness (QED) is 0.549. The van der Waals surface area contributed by atoms with Gasteiger partial charge in [-0.05, 0) is 0 Å². The molecule has 0 heterocycles. The average molecular weight is 174 g/mol. The zero-order chi connectivity index (χ0) is 6.85. The summed E-state index contributed by atoms with van der Waals surface area (Å²) >= 11 is 5.36. The van der Waals surface area contributed by atoms with Crippen LogP contribution in [0.25, 0.3) is 0 Å². The van der Waals surface area contributed by atoms with E-state index in [1.165, 1.54) is 18.2 Å². The first-order valence-electron chi connectivity index (χ1n) is 2.40. The zero-order valence-electron chi connectivity index (χ0n) is 5.46. The first-order chi connectivity index (χ1) is 4.20. The summed E-state index contributed by atoms with van der Waals surface area (Å²) in [6.45, 7) is 0. The number of hydrogen-bond donors (Lipinski definition) is 0. The molecule has 0 fully saturated rings. The van der Waals surface area contributed by atoms with Gasteiger partial charge in [-0.1, -0.05) is 0 Å². The van der Waals surface area contributed by atoms with Crippen molar-refractivity contribution in [1.29, 1.82) is 0 Å². The maximum Gasteiger partial charge on any atom is -0.870 e. The van der Waals surface area contributed by atoms with Crippen molar-refractivity contribution in [2.75, 3.05) is 0 Å². The van der Waals surface area contributed by atoms with Crippen molar-refractivity contribution in [2.24, 2.45) is 0 Å². The Labute approximate surface area is 70.0 Å². The molecule has 2 N–H and O–H groups in total. The molecule has 0 unspecified atom stereocenters. The molecule has 11 heavy (non-hydrogen) atoms. The predicted octanol–water partition coefficient (Wildman–Crippen LogP) is 0.919. The van der Waals surface area contributed by atoms with Crippen molar-refractivity contribution in [3.05, 3.63) is 29.0 Å². The molecule has 5 heteroatoms. The Hall–Kier alpha value is -0.575. The first-order valence-corrected chi connectivity index (χ1v) is 2.78. The summed E-state index contributed by atoms with van der Waals surface area (Å²) in [5, 5.41) is 0.0648. The number of rotatable bonds is 0. The molecule has 58 valence electrons. The van der Waals surface area contributed by atoms with Crippen molar-refractivity contribution in [2.45, 2.75) is 0 Å². The summed E-state index contributed by atoms with van der Waals surface area (Å²) in [4.78, 5) is 0. The predicted molar refractivity (Wildman–Crippen MR) is 40.7 cm³/mol. The van der Waals surface area contributed by atoms with E-state index in [0.29, 0.717) is 5.46 Å². The van der Waals surface area contributed by atoms with E-state index < -0.39 is 5.82 Å². The molecule has 0 aliphatic heterocycles. The minimum absolute atomic E-state index is 0. The third-order valence-corrected chi connectivity index (χ3v) is 1.23. The van der Waals surface area contributed by atoms with Crippen LogP contribution in [0.15, 0.2) is 18.2 Å². The van der Waals surface area contributed by atoms with Gasteiger partial charge in [-0.25, -0.2) is 0 Å². The molecule has 0 aromatic heterocycles. The largest absolute Gasteiger partial charge is 0.870 e. The van der Waals surface area contributed by atoms with Gasteiger partial charge in [0.1, 0.15) is 0 Å². The summed E-state index contributed by atoms with van der Waals surface area (Å²) in [5.41, 5.74) is 0.474. The number of halogens is 2. The molecule has 0 atom stereocenters. The molecule has 1 rings (SSSR count). The third kappa shape index (κ3) is 3.37. The van der Waals surface area contributed by atoms with E-state index in [0.717, 1.165) is 0 Å². The summed E-state index contributed by atoms with van der Waals surface area (Å²) in [7, 11) is 5.28. The molecule has 0 spiro atoms. The maximum absolute atomic E-state index is 12.3. The van der Waals surface area contributed by atoms with Crippen LogP contribution in [0.3, 0.4) is 0 Å². The van der Waals surface area contributed by atoms with Gasteiger partial charge in [-0.2, -0.15) is 0 Å². The molecule has 1 aromatic rings. The molecule has 0 amide bonds. The minimum Gasteiger partial charge on any atom is -0.870 e. The van der Waals surface area contributed by atoms with Gasteiger partial charge in [0.25, 0.3) is 0 Å². The molecular weight excluding hydrogens is 169 g/mol. The van der Waals surface area contributed by atoms with E-state index in [2.05, 4.69) is 0 Å². The molecule has 0 aliphatic rings. The zero-order valence-corrected chi connectivity index (χ0v) is 6.22. The van der Waals surface area contributed by atoms with Gasteiger partial charge in [-0.15, -0.1) is 0 Å². The van der Waals surface area contributed by atoms with Crippen molar-refractivity contribution in [1.82, 2.24) is 0 Å². The second kappa shape index (κ2) is 5.13. The van der Waals surface area contributed by atoms with Crippen LogP contribution in [0.5, 0.6) is 0 Å². The third-order valence-electron chi connectivity index (χ3n) is 0.944. The fourth-order valence-electron chi connectivity index (χ4n) is 0.512. The topological polar surface area (TPSA) is 60.0 Å². The Bertz CT molecular complexity index is 232. The van der Waals surface area contributed by atoms with Gasteiger partial charge in [0.2, 0.25) is 0 Å². The van der Waals surface area contributed by atoms with Crippen LogP contribution in [0.1, 0.15) is 0 Å². The molecule has 1 aromatic carbocycles. The molecule has 0 bridgehead atoms. The van der Waals surface area contributed by atoms with E-state index >= 15 is 0 Å². The van der Waals surface area contributed by atoms with Gasteiger partial charge in [0.15, 0.2) is 0 Å². The second-order valence-corrected chi connectivity index (χ2v) is 2.08. The van der Waals surface area contributed by atoms with Crippen molar-refractivity contribution in [3.8, 4) is 0 Å². The summed E-state index contributed by atoms with van der Waals surface area (Å²) in [5.74, 6) is -0.439. The summed E-state index contributed by atoms with van der Waals surface area (Å²) in [6, 6.07) is 4.07. The van der Waals surface area contributed by atoms with E-state index in [1.54, 1.807) is 0 Å². The van der Waals surface area contributed by atoms with E-state index in [9.17, 15) is 4.39 Å². The van der Waals surface area contributed by atoms with Crippen LogP contribution >= 0.6 is 11.6 Å². The van der Waals surface area contributed by atoms with Crippen LogP contribution in [0.4, 0.5) is 4.39 Å². The van der Waals surface area contributed by atoms with Crippen LogP contribution in [-0.4, -0.2) is 18.8 Å². The molecule has 0 radical (unpaired) electrons. The normalized spacial score (nSPS) is 8.00. The smallest absolute Gasteiger partial charge is 0.870 e. The Morgan fingerprint density at radius 1 is 1.27 bits per heavy atom. The number of benzene rings is 1. The molecule has 2 nitrogen and oxygen atoms in total.